The van der Waals surface area contributed by atoms with E-state index in [-0.39, 0.29) is 24.1 Å². The zero-order valence-corrected chi connectivity index (χ0v) is 17.1. The molecular weight excluding hydrogens is 398 g/mol. The first-order valence-electron chi connectivity index (χ1n) is 9.86. The van der Waals surface area contributed by atoms with Gasteiger partial charge in [-0.15, -0.1) is 0 Å². The van der Waals surface area contributed by atoms with Crippen molar-refractivity contribution in [2.24, 2.45) is 0 Å². The highest BCUT2D eigenvalue weighted by atomic mass is 16.5. The Morgan fingerprint density at radius 2 is 2.06 bits per heavy atom. The van der Waals surface area contributed by atoms with Gasteiger partial charge in [-0.25, -0.2) is 9.97 Å². The van der Waals surface area contributed by atoms with Crippen LogP contribution in [0, 0.1) is 0 Å². The number of fused-ring (bicyclic) bond motifs is 1. The summed E-state index contributed by atoms with van der Waals surface area (Å²) in [6.45, 7) is 0.683. The SMILES string of the molecule is CO[C@@H](Cc1ccc2c(N)ncnc2c1)N1CCN(C(=O)c2cccc(O)c2)CC1=O. The van der Waals surface area contributed by atoms with Gasteiger partial charge in [0.05, 0.1) is 5.52 Å². The molecule has 0 saturated carbocycles. The number of aromatic hydroxyl groups is 1. The average Bonchev–Trinajstić information content (AvgIpc) is 2.77. The predicted molar refractivity (Wildman–Crippen MR) is 114 cm³/mol. The number of piperazine rings is 1. The van der Waals surface area contributed by atoms with Crippen LogP contribution in [0.15, 0.2) is 48.8 Å². The molecule has 1 saturated heterocycles. The second-order valence-corrected chi connectivity index (χ2v) is 7.37. The quantitative estimate of drug-likeness (QED) is 0.639. The number of hydrogen-bond acceptors (Lipinski definition) is 7. The molecule has 160 valence electrons. The lowest BCUT2D eigenvalue weighted by Crippen LogP contribution is -2.56. The van der Waals surface area contributed by atoms with Crippen LogP contribution in [-0.4, -0.2) is 69.7 Å². The molecule has 1 aliphatic rings. The Balaban J connectivity index is 1.45. The summed E-state index contributed by atoms with van der Waals surface area (Å²) in [6.07, 6.45) is 1.42. The molecule has 9 heteroatoms. The van der Waals surface area contributed by atoms with Crippen LogP contribution in [0.25, 0.3) is 10.9 Å². The third-order valence-corrected chi connectivity index (χ3v) is 5.40. The fraction of sp³-hybridized carbons (Fsp3) is 0.273. The van der Waals surface area contributed by atoms with Crippen molar-refractivity contribution in [3.63, 3.8) is 0 Å². The molecule has 1 fully saturated rings. The van der Waals surface area contributed by atoms with E-state index in [4.69, 9.17) is 10.5 Å². The van der Waals surface area contributed by atoms with Crippen molar-refractivity contribution in [2.45, 2.75) is 12.6 Å². The first kappa shape index (κ1) is 20.5. The van der Waals surface area contributed by atoms with E-state index < -0.39 is 6.23 Å². The Bertz CT molecular complexity index is 1140. The number of phenolic OH excluding ortho intramolecular Hbond substituents is 1. The average molecular weight is 421 g/mol. The van der Waals surface area contributed by atoms with Crippen molar-refractivity contribution < 1.29 is 19.4 Å². The molecule has 1 aromatic heterocycles. The summed E-state index contributed by atoms with van der Waals surface area (Å²) in [4.78, 5) is 36.9. The van der Waals surface area contributed by atoms with Gasteiger partial charge in [0.1, 0.15) is 30.7 Å². The number of nitrogens with two attached hydrogens (primary N) is 1. The molecule has 0 radical (unpaired) electrons. The fourth-order valence-corrected chi connectivity index (χ4v) is 3.76. The van der Waals surface area contributed by atoms with Crippen molar-refractivity contribution in [3.8, 4) is 5.75 Å². The minimum Gasteiger partial charge on any atom is -0.508 e. The zero-order chi connectivity index (χ0) is 22.0. The molecule has 0 spiro atoms. The van der Waals surface area contributed by atoms with Crippen LogP contribution in [0.1, 0.15) is 15.9 Å². The van der Waals surface area contributed by atoms with Crippen LogP contribution in [0.4, 0.5) is 5.82 Å². The van der Waals surface area contributed by atoms with E-state index in [0.29, 0.717) is 30.9 Å². The molecule has 3 N–H and O–H groups in total. The number of rotatable bonds is 5. The minimum absolute atomic E-state index is 0.0117. The Hall–Kier alpha value is -3.72. The smallest absolute Gasteiger partial charge is 0.254 e. The number of aromatic nitrogens is 2. The summed E-state index contributed by atoms with van der Waals surface area (Å²) in [6, 6.07) is 11.8. The standard InChI is InChI=1S/C22H23N5O4/c1-31-20(10-14-5-6-17-18(9-14)24-13-25-21(17)23)27-8-7-26(12-19(27)29)22(30)15-3-2-4-16(28)11-15/h2-6,9,11,13,20,28H,7-8,10,12H2,1H3,(H2,23,24,25)/t20-/m0/s1. The van der Waals surface area contributed by atoms with Crippen molar-refractivity contribution >= 4 is 28.5 Å². The molecule has 0 unspecified atom stereocenters. The largest absolute Gasteiger partial charge is 0.508 e. The summed E-state index contributed by atoms with van der Waals surface area (Å²) >= 11 is 0. The minimum atomic E-state index is -0.470. The lowest BCUT2D eigenvalue weighted by Gasteiger charge is -2.38. The Morgan fingerprint density at radius 3 is 2.81 bits per heavy atom. The summed E-state index contributed by atoms with van der Waals surface area (Å²) in [7, 11) is 1.56. The second-order valence-electron chi connectivity index (χ2n) is 7.37. The van der Waals surface area contributed by atoms with Gasteiger partial charge in [-0.3, -0.25) is 9.59 Å². The predicted octanol–water partition coefficient (Wildman–Crippen LogP) is 1.42. The lowest BCUT2D eigenvalue weighted by atomic mass is 10.1. The van der Waals surface area contributed by atoms with Gasteiger partial charge in [-0.05, 0) is 35.9 Å². The topological polar surface area (TPSA) is 122 Å². The van der Waals surface area contributed by atoms with E-state index in [9.17, 15) is 14.7 Å². The Kier molecular flexibility index (Phi) is 5.68. The van der Waals surface area contributed by atoms with Crippen molar-refractivity contribution in [3.05, 3.63) is 59.9 Å². The summed E-state index contributed by atoms with van der Waals surface area (Å²) < 4.78 is 5.61. The zero-order valence-electron chi connectivity index (χ0n) is 17.1. The highest BCUT2D eigenvalue weighted by molar-refractivity contribution is 5.97. The summed E-state index contributed by atoms with van der Waals surface area (Å²) in [5.41, 5.74) is 7.91. The van der Waals surface area contributed by atoms with Crippen molar-refractivity contribution in [1.29, 1.82) is 0 Å². The van der Waals surface area contributed by atoms with Gasteiger partial charge in [0, 0.05) is 37.6 Å². The number of amides is 2. The van der Waals surface area contributed by atoms with E-state index in [1.54, 1.807) is 24.1 Å². The number of hydrogen-bond donors (Lipinski definition) is 2. The van der Waals surface area contributed by atoms with Crippen molar-refractivity contribution in [2.75, 3.05) is 32.5 Å². The van der Waals surface area contributed by atoms with E-state index in [2.05, 4.69) is 9.97 Å². The van der Waals surface area contributed by atoms with E-state index in [1.807, 2.05) is 18.2 Å². The number of carbonyl (C=O) groups excluding carboxylic acids is 2. The number of methoxy groups -OCH3 is 1. The van der Waals surface area contributed by atoms with Gasteiger partial charge in [-0.1, -0.05) is 12.1 Å². The van der Waals surface area contributed by atoms with E-state index in [0.717, 1.165) is 16.5 Å². The van der Waals surface area contributed by atoms with Gasteiger partial charge in [0.25, 0.3) is 5.91 Å². The first-order valence-corrected chi connectivity index (χ1v) is 9.86. The number of carbonyl (C=O) groups is 2. The highest BCUT2D eigenvalue weighted by Crippen LogP contribution is 2.21. The molecule has 2 aromatic carbocycles. The van der Waals surface area contributed by atoms with Gasteiger partial charge in [0.2, 0.25) is 5.91 Å². The number of nitrogens with zero attached hydrogens (tertiary/aromatic N) is 4. The van der Waals surface area contributed by atoms with Gasteiger partial charge < -0.3 is 25.4 Å². The van der Waals surface area contributed by atoms with Crippen LogP contribution in [0.3, 0.4) is 0 Å². The molecule has 4 rings (SSSR count). The molecule has 1 aliphatic heterocycles. The highest BCUT2D eigenvalue weighted by Gasteiger charge is 2.32. The molecular formula is C22H23N5O4. The van der Waals surface area contributed by atoms with Crippen LogP contribution in [0.5, 0.6) is 5.75 Å². The summed E-state index contributed by atoms with van der Waals surface area (Å²) in [5, 5.41) is 10.4. The molecule has 2 heterocycles. The monoisotopic (exact) mass is 421 g/mol. The Labute approximate surface area is 179 Å². The first-order chi connectivity index (χ1) is 15.0. The number of anilines is 1. The number of nitrogen functional groups attached to an aromatic ring is 1. The maximum absolute atomic E-state index is 12.8. The molecule has 31 heavy (non-hydrogen) atoms. The maximum Gasteiger partial charge on any atom is 0.254 e. The fourth-order valence-electron chi connectivity index (χ4n) is 3.76. The van der Waals surface area contributed by atoms with Gasteiger partial charge in [0.15, 0.2) is 0 Å². The summed E-state index contributed by atoms with van der Waals surface area (Å²) in [5.74, 6) is -0.0520. The maximum atomic E-state index is 12.8. The van der Waals surface area contributed by atoms with Crippen LogP contribution >= 0.6 is 0 Å². The second kappa shape index (κ2) is 8.57. The number of ether oxygens (including phenoxy) is 1. The van der Waals surface area contributed by atoms with E-state index >= 15 is 0 Å². The third-order valence-electron chi connectivity index (χ3n) is 5.40. The molecule has 0 aliphatic carbocycles. The van der Waals surface area contributed by atoms with Crippen LogP contribution < -0.4 is 5.73 Å². The normalized spacial score (nSPS) is 15.3. The molecule has 9 nitrogen and oxygen atoms in total. The van der Waals surface area contributed by atoms with E-state index in [1.165, 1.54) is 23.4 Å². The third kappa shape index (κ3) is 4.26. The molecule has 3 aromatic rings. The Morgan fingerprint density at radius 1 is 1.23 bits per heavy atom. The van der Waals surface area contributed by atoms with Gasteiger partial charge in [-0.2, -0.15) is 0 Å². The van der Waals surface area contributed by atoms with Crippen molar-refractivity contribution in [1.82, 2.24) is 19.8 Å². The van der Waals surface area contributed by atoms with Crippen LogP contribution in [-0.2, 0) is 16.0 Å². The molecule has 2 amide bonds. The number of phenols is 1. The van der Waals surface area contributed by atoms with Crippen LogP contribution in [0.2, 0.25) is 0 Å². The van der Waals surface area contributed by atoms with Gasteiger partial charge >= 0.3 is 0 Å². The number of benzene rings is 2. The molecule has 0 bridgehead atoms. The molecule has 1 atom stereocenters. The lowest BCUT2D eigenvalue weighted by molar-refractivity contribution is -0.148.